The Bertz CT molecular complexity index is 375. The van der Waals surface area contributed by atoms with Gasteiger partial charge in [-0.1, -0.05) is 0 Å². The predicted octanol–water partition coefficient (Wildman–Crippen LogP) is 0.815. The monoisotopic (exact) mass is 290 g/mol. The van der Waals surface area contributed by atoms with Crippen LogP contribution in [0.25, 0.3) is 0 Å². The Labute approximate surface area is 116 Å². The Hall–Kier alpha value is -0.170. The van der Waals surface area contributed by atoms with Crippen LogP contribution in [0.4, 0.5) is 0 Å². The number of ether oxygens (including phenoxy) is 1. The highest BCUT2D eigenvalue weighted by Gasteiger charge is 2.30. The van der Waals surface area contributed by atoms with E-state index in [0.717, 1.165) is 19.4 Å². The van der Waals surface area contributed by atoms with Crippen molar-refractivity contribution >= 4 is 10.0 Å². The van der Waals surface area contributed by atoms with E-state index in [1.807, 2.05) is 0 Å². The fraction of sp³-hybridized carbons (Fsp3) is 1.00. The number of hydrogen-bond acceptors (Lipinski definition) is 4. The van der Waals surface area contributed by atoms with Gasteiger partial charge in [0.05, 0.1) is 11.9 Å². The van der Waals surface area contributed by atoms with Gasteiger partial charge in [0.25, 0.3) is 0 Å². The molecule has 112 valence electrons. The van der Waals surface area contributed by atoms with E-state index in [1.165, 1.54) is 17.1 Å². The number of rotatable bonds is 7. The summed E-state index contributed by atoms with van der Waals surface area (Å²) < 4.78 is 31.7. The van der Waals surface area contributed by atoms with Crippen LogP contribution >= 0.6 is 0 Å². The van der Waals surface area contributed by atoms with Crippen molar-refractivity contribution in [3.63, 3.8) is 0 Å². The Morgan fingerprint density at radius 2 is 2.11 bits per heavy atom. The van der Waals surface area contributed by atoms with Gasteiger partial charge >= 0.3 is 0 Å². The van der Waals surface area contributed by atoms with Crippen LogP contribution in [-0.2, 0) is 14.8 Å². The van der Waals surface area contributed by atoms with E-state index in [2.05, 4.69) is 5.32 Å². The van der Waals surface area contributed by atoms with Gasteiger partial charge in [-0.2, -0.15) is 0 Å². The quantitative estimate of drug-likeness (QED) is 0.754. The van der Waals surface area contributed by atoms with Crippen molar-refractivity contribution in [1.82, 2.24) is 9.62 Å². The molecule has 1 aliphatic heterocycles. The van der Waals surface area contributed by atoms with Gasteiger partial charge in [0.2, 0.25) is 10.0 Å². The molecular weight excluding hydrogens is 264 g/mol. The van der Waals surface area contributed by atoms with E-state index in [0.29, 0.717) is 31.7 Å². The van der Waals surface area contributed by atoms with Gasteiger partial charge in [-0.05, 0) is 38.5 Å². The second-order valence-electron chi connectivity index (χ2n) is 5.90. The Balaban J connectivity index is 1.81. The molecule has 0 amide bonds. The lowest BCUT2D eigenvalue weighted by Gasteiger charge is -2.28. The summed E-state index contributed by atoms with van der Waals surface area (Å²) in [5, 5.41) is 2.93. The Morgan fingerprint density at radius 1 is 1.37 bits per heavy atom. The molecule has 1 heterocycles. The van der Waals surface area contributed by atoms with Crippen molar-refractivity contribution in [2.24, 2.45) is 5.92 Å². The van der Waals surface area contributed by atoms with Crippen LogP contribution in [0.3, 0.4) is 0 Å². The summed E-state index contributed by atoms with van der Waals surface area (Å²) in [5.41, 5.74) is 0. The molecule has 2 unspecified atom stereocenters. The molecule has 1 saturated carbocycles. The molecule has 0 aromatic carbocycles. The zero-order chi connectivity index (χ0) is 13.9. The highest BCUT2D eigenvalue weighted by molar-refractivity contribution is 7.89. The van der Waals surface area contributed by atoms with Crippen LogP contribution < -0.4 is 5.32 Å². The summed E-state index contributed by atoms with van der Waals surface area (Å²) in [6.07, 6.45) is 4.47. The van der Waals surface area contributed by atoms with Gasteiger partial charge in [-0.3, -0.25) is 0 Å². The maximum atomic E-state index is 12.4. The lowest BCUT2D eigenvalue weighted by atomic mass is 10.0. The third kappa shape index (κ3) is 4.41. The molecule has 5 nitrogen and oxygen atoms in total. The molecule has 1 aliphatic carbocycles. The molecule has 2 atom stereocenters. The van der Waals surface area contributed by atoms with Gasteiger partial charge in [0, 0.05) is 32.8 Å². The molecule has 19 heavy (non-hydrogen) atoms. The zero-order valence-corrected chi connectivity index (χ0v) is 12.8. The first-order valence-corrected chi connectivity index (χ1v) is 8.76. The lowest BCUT2D eigenvalue weighted by Crippen LogP contribution is -2.43. The highest BCUT2D eigenvalue weighted by Crippen LogP contribution is 2.20. The maximum Gasteiger partial charge on any atom is 0.217 e. The molecule has 0 spiro atoms. The molecule has 0 radical (unpaired) electrons. The van der Waals surface area contributed by atoms with E-state index in [1.54, 1.807) is 14.0 Å². The van der Waals surface area contributed by atoms with E-state index in [-0.39, 0.29) is 5.25 Å². The van der Waals surface area contributed by atoms with Crippen LogP contribution in [0.1, 0.15) is 32.6 Å². The first kappa shape index (κ1) is 15.2. The SMILES string of the molecule is CC(CNC1CC1)S(=O)(=O)N(C)CC1CCCOC1. The summed E-state index contributed by atoms with van der Waals surface area (Å²) >= 11 is 0. The zero-order valence-electron chi connectivity index (χ0n) is 12.0. The van der Waals surface area contributed by atoms with Gasteiger partial charge in [0.15, 0.2) is 0 Å². The van der Waals surface area contributed by atoms with Gasteiger partial charge in [-0.15, -0.1) is 0 Å². The number of nitrogens with zero attached hydrogens (tertiary/aromatic N) is 1. The van der Waals surface area contributed by atoms with Crippen molar-refractivity contribution in [3.05, 3.63) is 0 Å². The molecule has 6 heteroatoms. The van der Waals surface area contributed by atoms with Crippen LogP contribution in [-0.4, -0.2) is 57.4 Å². The number of nitrogens with one attached hydrogen (secondary N) is 1. The summed E-state index contributed by atoms with van der Waals surface area (Å²) in [7, 11) is -1.50. The van der Waals surface area contributed by atoms with Crippen molar-refractivity contribution in [2.75, 3.05) is 33.4 Å². The molecule has 2 rings (SSSR count). The van der Waals surface area contributed by atoms with E-state index < -0.39 is 10.0 Å². The predicted molar refractivity (Wildman–Crippen MR) is 75.6 cm³/mol. The fourth-order valence-electron chi connectivity index (χ4n) is 2.45. The second kappa shape index (κ2) is 6.52. The van der Waals surface area contributed by atoms with Crippen molar-refractivity contribution in [2.45, 2.75) is 43.9 Å². The topological polar surface area (TPSA) is 58.6 Å². The van der Waals surface area contributed by atoms with Gasteiger partial charge < -0.3 is 10.1 Å². The highest BCUT2D eigenvalue weighted by atomic mass is 32.2. The minimum atomic E-state index is -3.19. The minimum Gasteiger partial charge on any atom is -0.381 e. The Morgan fingerprint density at radius 3 is 2.68 bits per heavy atom. The average Bonchev–Trinajstić information content (AvgIpc) is 3.21. The smallest absolute Gasteiger partial charge is 0.217 e. The largest absolute Gasteiger partial charge is 0.381 e. The number of sulfonamides is 1. The lowest BCUT2D eigenvalue weighted by molar-refractivity contribution is 0.0494. The van der Waals surface area contributed by atoms with Gasteiger partial charge in [-0.25, -0.2) is 12.7 Å². The molecule has 0 bridgehead atoms. The van der Waals surface area contributed by atoms with E-state index in [4.69, 9.17) is 4.74 Å². The van der Waals surface area contributed by atoms with Gasteiger partial charge in [0.1, 0.15) is 0 Å². The molecule has 1 N–H and O–H groups in total. The summed E-state index contributed by atoms with van der Waals surface area (Å²) in [5.74, 6) is 0.345. The minimum absolute atomic E-state index is 0.345. The molecule has 2 aliphatic rings. The fourth-order valence-corrected chi connectivity index (χ4v) is 3.79. The van der Waals surface area contributed by atoms with Crippen LogP contribution in [0.2, 0.25) is 0 Å². The first-order valence-electron chi connectivity index (χ1n) is 7.26. The standard InChI is InChI=1S/C13H26N2O3S/c1-11(8-14-13-5-6-13)19(16,17)15(2)9-12-4-3-7-18-10-12/h11-14H,3-10H2,1-2H3. The summed E-state index contributed by atoms with van der Waals surface area (Å²) in [6.45, 7) is 4.43. The van der Waals surface area contributed by atoms with Crippen LogP contribution in [0, 0.1) is 5.92 Å². The third-order valence-electron chi connectivity index (χ3n) is 3.98. The molecular formula is C13H26N2O3S. The molecule has 0 aromatic heterocycles. The van der Waals surface area contributed by atoms with Crippen molar-refractivity contribution in [1.29, 1.82) is 0 Å². The van der Waals surface area contributed by atoms with E-state index >= 15 is 0 Å². The summed E-state index contributed by atoms with van der Waals surface area (Å²) in [6, 6.07) is 0.551. The first-order chi connectivity index (χ1) is 9.00. The van der Waals surface area contributed by atoms with Crippen molar-refractivity contribution < 1.29 is 13.2 Å². The number of hydrogen-bond donors (Lipinski definition) is 1. The third-order valence-corrected chi connectivity index (χ3v) is 6.19. The normalized spacial score (nSPS) is 26.6. The summed E-state index contributed by atoms with van der Waals surface area (Å²) in [4.78, 5) is 0. The molecule has 2 fully saturated rings. The van der Waals surface area contributed by atoms with Crippen LogP contribution in [0.5, 0.6) is 0 Å². The maximum absolute atomic E-state index is 12.4. The Kier molecular flexibility index (Phi) is 5.22. The second-order valence-corrected chi connectivity index (χ2v) is 8.36. The van der Waals surface area contributed by atoms with E-state index in [9.17, 15) is 8.42 Å². The van der Waals surface area contributed by atoms with Crippen molar-refractivity contribution in [3.8, 4) is 0 Å². The molecule has 1 saturated heterocycles. The average molecular weight is 290 g/mol. The molecule has 0 aromatic rings. The van der Waals surface area contributed by atoms with Crippen LogP contribution in [0.15, 0.2) is 0 Å².